The number of nitrogens with zero attached hydrogens (tertiary/aromatic N) is 2. The maximum absolute atomic E-state index is 13.2. The minimum absolute atomic E-state index is 0.0628. The molecule has 1 aromatic heterocycles. The highest BCUT2D eigenvalue weighted by atomic mass is 16.6. The van der Waals surface area contributed by atoms with Crippen molar-refractivity contribution in [2.45, 2.75) is 12.1 Å². The Labute approximate surface area is 237 Å². The maximum Gasteiger partial charge on any atom is 0.334 e. The smallest absolute Gasteiger partial charge is 0.334 e. The van der Waals surface area contributed by atoms with Gasteiger partial charge >= 0.3 is 11.7 Å². The Morgan fingerprint density at radius 2 is 1.12 bits per heavy atom. The van der Waals surface area contributed by atoms with Crippen molar-refractivity contribution in [1.29, 1.82) is 0 Å². The monoisotopic (exact) mass is 544 g/mol. The highest BCUT2D eigenvalue weighted by Gasteiger charge is 2.26. The third kappa shape index (κ3) is 6.48. The minimum atomic E-state index is -0.581. The largest absolute Gasteiger partial charge is 0.378 e. The van der Waals surface area contributed by atoms with Gasteiger partial charge in [0, 0.05) is 6.07 Å². The summed E-state index contributed by atoms with van der Waals surface area (Å²) in [5.74, 6) is -0.259. The number of amides is 2. The predicted octanol–water partition coefficient (Wildman–Crippen LogP) is 6.68. The Morgan fingerprint density at radius 1 is 0.707 bits per heavy atom. The molecule has 204 valence electrons. The number of nitrogen functional groups attached to an aromatic ring is 1. The molecule has 4 aromatic carbocycles. The molecule has 0 aliphatic heterocycles. The fraction of sp³-hybridized carbons (Fsp3) is 0.0625. The second-order valence-electron chi connectivity index (χ2n) is 9.30. The number of nitro groups is 1. The summed E-state index contributed by atoms with van der Waals surface area (Å²) in [6, 6.07) is 38.2. The van der Waals surface area contributed by atoms with Crippen molar-refractivity contribution in [3.63, 3.8) is 0 Å². The molecule has 0 spiro atoms. The number of benzene rings is 4. The molecule has 0 radical (unpaired) electrons. The number of hydrogen-bond donors (Lipinski definition) is 4. The van der Waals surface area contributed by atoms with Crippen molar-refractivity contribution < 1.29 is 9.72 Å². The van der Waals surface area contributed by atoms with Crippen molar-refractivity contribution in [2.24, 2.45) is 0 Å². The fourth-order valence-electron chi connectivity index (χ4n) is 4.66. The van der Waals surface area contributed by atoms with E-state index in [1.54, 1.807) is 0 Å². The lowest BCUT2D eigenvalue weighted by atomic mass is 9.98. The van der Waals surface area contributed by atoms with Crippen LogP contribution in [-0.2, 0) is 0 Å². The Kier molecular flexibility index (Phi) is 8.16. The molecule has 5 aromatic rings. The average molecular weight is 545 g/mol. The quantitative estimate of drug-likeness (QED) is 0.121. The number of nitrogens with two attached hydrogens (primary N) is 1. The average Bonchev–Trinajstić information content (AvgIpc) is 3.00. The molecule has 2 amide bonds. The molecule has 0 aliphatic carbocycles. The molecular weight excluding hydrogens is 516 g/mol. The molecule has 0 atom stereocenters. The summed E-state index contributed by atoms with van der Waals surface area (Å²) in [6.07, 6.45) is 0. The number of nitrogens with one attached hydrogen (secondary N) is 3. The number of carbonyl (C=O) groups is 1. The topological polar surface area (TPSA) is 135 Å². The standard InChI is InChI=1S/C32H28N6O3/c33-31-30(38(40)41)26(34-28(22-13-5-1-6-14-22)23-15-7-2-8-16-23)21-27(35-31)36-32(39)37-29(24-17-9-3-10-18-24)25-19-11-4-12-20-25/h1-21,28-29H,(H5,33,34,35,36,37,39). The second-order valence-corrected chi connectivity index (χ2v) is 9.30. The zero-order valence-corrected chi connectivity index (χ0v) is 22.0. The molecule has 9 nitrogen and oxygen atoms in total. The summed E-state index contributed by atoms with van der Waals surface area (Å²) in [5.41, 5.74) is 9.38. The summed E-state index contributed by atoms with van der Waals surface area (Å²) >= 11 is 0. The van der Waals surface area contributed by atoms with E-state index in [1.807, 2.05) is 121 Å². The minimum Gasteiger partial charge on any atom is -0.378 e. The van der Waals surface area contributed by atoms with E-state index in [9.17, 15) is 14.9 Å². The van der Waals surface area contributed by atoms with Gasteiger partial charge in [-0.1, -0.05) is 121 Å². The summed E-state index contributed by atoms with van der Waals surface area (Å²) in [7, 11) is 0. The molecule has 5 N–H and O–H groups in total. The van der Waals surface area contributed by atoms with Gasteiger partial charge in [0.25, 0.3) is 0 Å². The summed E-state index contributed by atoms with van der Waals surface area (Å²) < 4.78 is 0. The van der Waals surface area contributed by atoms with Crippen molar-refractivity contribution in [3.8, 4) is 0 Å². The van der Waals surface area contributed by atoms with Gasteiger partial charge in [0.2, 0.25) is 5.82 Å². The first kappa shape index (κ1) is 26.9. The van der Waals surface area contributed by atoms with Crippen LogP contribution in [0.25, 0.3) is 0 Å². The Morgan fingerprint density at radius 3 is 1.54 bits per heavy atom. The third-order valence-electron chi connectivity index (χ3n) is 6.55. The number of urea groups is 1. The van der Waals surface area contributed by atoms with Gasteiger partial charge in [0.1, 0.15) is 11.5 Å². The van der Waals surface area contributed by atoms with E-state index in [1.165, 1.54) is 6.07 Å². The van der Waals surface area contributed by atoms with E-state index in [4.69, 9.17) is 5.73 Å². The van der Waals surface area contributed by atoms with Gasteiger partial charge in [-0.3, -0.25) is 15.4 Å². The molecular formula is C32H28N6O3. The predicted molar refractivity (Wildman–Crippen MR) is 161 cm³/mol. The number of rotatable bonds is 9. The van der Waals surface area contributed by atoms with E-state index in [2.05, 4.69) is 20.9 Å². The fourth-order valence-corrected chi connectivity index (χ4v) is 4.66. The van der Waals surface area contributed by atoms with Crippen molar-refractivity contribution in [3.05, 3.63) is 160 Å². The van der Waals surface area contributed by atoms with Crippen LogP contribution in [0, 0.1) is 10.1 Å². The summed E-state index contributed by atoms with van der Waals surface area (Å²) in [6.45, 7) is 0. The Balaban J connectivity index is 1.46. The van der Waals surface area contributed by atoms with E-state index < -0.39 is 23.0 Å². The van der Waals surface area contributed by atoms with Crippen LogP contribution in [0.3, 0.4) is 0 Å². The van der Waals surface area contributed by atoms with Gasteiger partial charge in [-0.25, -0.2) is 9.78 Å². The molecule has 0 bridgehead atoms. The lowest BCUT2D eigenvalue weighted by Gasteiger charge is -2.22. The zero-order chi connectivity index (χ0) is 28.6. The number of aromatic nitrogens is 1. The van der Waals surface area contributed by atoms with Crippen LogP contribution in [0.2, 0.25) is 0 Å². The number of carbonyl (C=O) groups excluding carboxylic acids is 1. The van der Waals surface area contributed by atoms with Crippen LogP contribution in [-0.4, -0.2) is 15.9 Å². The number of hydrogen-bond acceptors (Lipinski definition) is 6. The van der Waals surface area contributed by atoms with Crippen LogP contribution in [0.5, 0.6) is 0 Å². The maximum atomic E-state index is 13.2. The number of pyridine rings is 1. The first-order valence-corrected chi connectivity index (χ1v) is 13.0. The molecule has 0 unspecified atom stereocenters. The van der Waals surface area contributed by atoms with E-state index in [0.29, 0.717) is 0 Å². The molecule has 1 heterocycles. The van der Waals surface area contributed by atoms with Gasteiger partial charge in [-0.05, 0) is 22.3 Å². The van der Waals surface area contributed by atoms with Gasteiger partial charge in [-0.15, -0.1) is 0 Å². The Bertz CT molecular complexity index is 1540. The third-order valence-corrected chi connectivity index (χ3v) is 6.55. The van der Waals surface area contributed by atoms with E-state index in [0.717, 1.165) is 22.3 Å². The van der Waals surface area contributed by atoms with Gasteiger partial charge in [0.15, 0.2) is 0 Å². The first-order valence-electron chi connectivity index (χ1n) is 13.0. The highest BCUT2D eigenvalue weighted by molar-refractivity contribution is 5.91. The van der Waals surface area contributed by atoms with Crippen LogP contribution in [0.1, 0.15) is 34.3 Å². The number of anilines is 3. The lowest BCUT2D eigenvalue weighted by Crippen LogP contribution is -2.33. The lowest BCUT2D eigenvalue weighted by molar-refractivity contribution is -0.383. The van der Waals surface area contributed by atoms with Crippen molar-refractivity contribution in [2.75, 3.05) is 16.4 Å². The van der Waals surface area contributed by atoms with Gasteiger partial charge < -0.3 is 16.4 Å². The van der Waals surface area contributed by atoms with Crippen LogP contribution < -0.4 is 21.7 Å². The van der Waals surface area contributed by atoms with Gasteiger partial charge in [-0.2, -0.15) is 0 Å². The Hall–Kier alpha value is -5.70. The normalized spacial score (nSPS) is 10.8. The van der Waals surface area contributed by atoms with Crippen molar-refractivity contribution >= 4 is 29.0 Å². The molecule has 0 saturated carbocycles. The highest BCUT2D eigenvalue weighted by Crippen LogP contribution is 2.36. The van der Waals surface area contributed by atoms with Crippen LogP contribution >= 0.6 is 0 Å². The zero-order valence-electron chi connectivity index (χ0n) is 22.0. The van der Waals surface area contributed by atoms with Crippen molar-refractivity contribution in [1.82, 2.24) is 10.3 Å². The molecule has 0 aliphatic rings. The molecule has 0 saturated heterocycles. The first-order chi connectivity index (χ1) is 20.0. The van der Waals surface area contributed by atoms with Crippen LogP contribution in [0.15, 0.2) is 127 Å². The molecule has 0 fully saturated rings. The molecule has 9 heteroatoms. The van der Waals surface area contributed by atoms with Gasteiger partial charge in [0.05, 0.1) is 17.0 Å². The molecule has 41 heavy (non-hydrogen) atoms. The van der Waals surface area contributed by atoms with Crippen LogP contribution in [0.4, 0.5) is 27.8 Å². The van der Waals surface area contributed by atoms with E-state index in [-0.39, 0.29) is 23.0 Å². The molecule has 5 rings (SSSR count). The second kappa shape index (κ2) is 12.4. The SMILES string of the molecule is Nc1nc(NC(=O)NC(c2ccccc2)c2ccccc2)cc(NC(c2ccccc2)c2ccccc2)c1[N+](=O)[O-]. The summed E-state index contributed by atoms with van der Waals surface area (Å²) in [5, 5.41) is 21.0. The summed E-state index contributed by atoms with van der Waals surface area (Å²) in [4.78, 5) is 28.8. The van der Waals surface area contributed by atoms with E-state index >= 15 is 0 Å².